The summed E-state index contributed by atoms with van der Waals surface area (Å²) < 4.78 is 38.4. The van der Waals surface area contributed by atoms with Gasteiger partial charge in [-0.25, -0.2) is 9.97 Å². The fourth-order valence-electron chi connectivity index (χ4n) is 3.30. The Morgan fingerprint density at radius 3 is 2.54 bits per heavy atom. The first-order valence-electron chi connectivity index (χ1n) is 8.56. The molecule has 2 radical (unpaired) electrons. The normalized spacial score (nSPS) is 18.5. The number of aliphatic carboxylic acids is 1. The Morgan fingerprint density at radius 2 is 2.00 bits per heavy atom. The summed E-state index contributed by atoms with van der Waals surface area (Å²) >= 11 is 0. The second kappa shape index (κ2) is 8.24. The molecule has 0 aliphatic carbocycles. The largest absolute Gasteiger partial charge is 0.480 e. The molecule has 2 rings (SSSR count). The van der Waals surface area contributed by atoms with Crippen molar-refractivity contribution >= 4 is 19.8 Å². The minimum atomic E-state index is -4.53. The molecule has 0 amide bonds. The lowest BCUT2D eigenvalue weighted by Gasteiger charge is -2.40. The SMILES string of the molecule is [B]CCCCC(N)(C(=O)O)C1CCN(c2nccc(C(F)(F)F)n2)CC1. The number of hydrogen-bond donors (Lipinski definition) is 2. The fourth-order valence-corrected chi connectivity index (χ4v) is 3.30. The van der Waals surface area contributed by atoms with Gasteiger partial charge in [0.2, 0.25) is 5.95 Å². The third-order valence-electron chi connectivity index (χ3n) is 4.88. The summed E-state index contributed by atoms with van der Waals surface area (Å²) in [5.41, 5.74) is 3.84. The van der Waals surface area contributed by atoms with Gasteiger partial charge in [0, 0.05) is 19.3 Å². The molecule has 26 heavy (non-hydrogen) atoms. The first-order chi connectivity index (χ1) is 12.2. The highest BCUT2D eigenvalue weighted by Crippen LogP contribution is 2.33. The summed E-state index contributed by atoms with van der Waals surface area (Å²) in [5, 5.41) is 9.57. The molecule has 1 fully saturated rings. The molecule has 0 bridgehead atoms. The van der Waals surface area contributed by atoms with Crippen molar-refractivity contribution in [1.82, 2.24) is 9.97 Å². The van der Waals surface area contributed by atoms with E-state index in [9.17, 15) is 23.1 Å². The summed E-state index contributed by atoms with van der Waals surface area (Å²) in [6.07, 6.45) is -0.440. The molecular formula is C16H22BF3N4O2. The molecule has 2 heterocycles. The molecule has 1 aromatic heterocycles. The first kappa shape index (κ1) is 20.5. The highest BCUT2D eigenvalue weighted by molar-refractivity contribution is 6.08. The highest BCUT2D eigenvalue weighted by Gasteiger charge is 2.43. The van der Waals surface area contributed by atoms with Crippen LogP contribution in [-0.2, 0) is 11.0 Å². The van der Waals surface area contributed by atoms with Gasteiger partial charge in [0.25, 0.3) is 0 Å². The van der Waals surface area contributed by atoms with Gasteiger partial charge in [-0.1, -0.05) is 19.2 Å². The molecule has 10 heteroatoms. The van der Waals surface area contributed by atoms with E-state index in [4.69, 9.17) is 13.6 Å². The van der Waals surface area contributed by atoms with Crippen LogP contribution in [0.4, 0.5) is 19.1 Å². The predicted octanol–water partition coefficient (Wildman–Crippen LogP) is 2.25. The van der Waals surface area contributed by atoms with Crippen molar-refractivity contribution in [3.05, 3.63) is 18.0 Å². The number of halogens is 3. The zero-order chi connectivity index (χ0) is 19.4. The van der Waals surface area contributed by atoms with E-state index in [0.29, 0.717) is 51.5 Å². The zero-order valence-corrected chi connectivity index (χ0v) is 14.4. The summed E-state index contributed by atoms with van der Waals surface area (Å²) in [4.78, 5) is 20.8. The molecule has 1 aromatic rings. The van der Waals surface area contributed by atoms with Crippen LogP contribution < -0.4 is 10.6 Å². The van der Waals surface area contributed by atoms with Gasteiger partial charge in [0.15, 0.2) is 0 Å². The van der Waals surface area contributed by atoms with Crippen LogP contribution >= 0.6 is 0 Å². The number of carboxylic acids is 1. The number of nitrogens with zero attached hydrogens (tertiary/aromatic N) is 3. The smallest absolute Gasteiger partial charge is 0.433 e. The van der Waals surface area contributed by atoms with Crippen LogP contribution in [0.5, 0.6) is 0 Å². The molecule has 142 valence electrons. The zero-order valence-electron chi connectivity index (χ0n) is 14.4. The monoisotopic (exact) mass is 370 g/mol. The van der Waals surface area contributed by atoms with Gasteiger partial charge in [-0.3, -0.25) is 4.79 Å². The molecule has 0 aromatic carbocycles. The number of anilines is 1. The van der Waals surface area contributed by atoms with E-state index in [1.165, 1.54) is 0 Å². The van der Waals surface area contributed by atoms with Gasteiger partial charge >= 0.3 is 12.1 Å². The van der Waals surface area contributed by atoms with Crippen molar-refractivity contribution in [2.24, 2.45) is 11.7 Å². The molecule has 1 aliphatic rings. The van der Waals surface area contributed by atoms with Gasteiger partial charge < -0.3 is 15.7 Å². The molecule has 0 saturated carbocycles. The van der Waals surface area contributed by atoms with E-state index < -0.39 is 23.4 Å². The van der Waals surface area contributed by atoms with E-state index in [2.05, 4.69) is 9.97 Å². The Hall–Kier alpha value is -1.84. The molecular weight excluding hydrogens is 348 g/mol. The average molecular weight is 370 g/mol. The lowest BCUT2D eigenvalue weighted by atomic mass is 9.75. The van der Waals surface area contributed by atoms with Crippen molar-refractivity contribution in [2.75, 3.05) is 18.0 Å². The van der Waals surface area contributed by atoms with E-state index in [1.54, 1.807) is 4.90 Å². The summed E-state index contributed by atoms with van der Waals surface area (Å²) in [7, 11) is 5.45. The second-order valence-corrected chi connectivity index (χ2v) is 6.59. The number of rotatable bonds is 7. The molecule has 1 atom stereocenters. The standard InChI is InChI=1S/C16H22BF3N4O2/c17-7-2-1-6-15(21,13(25)26)11-4-9-24(10-5-11)14-22-8-3-12(23-14)16(18,19)20/h3,8,11H,1-2,4-7,9-10,21H2,(H,25,26). The van der Waals surface area contributed by atoms with Crippen LogP contribution in [0.15, 0.2) is 12.3 Å². The van der Waals surface area contributed by atoms with Crippen molar-refractivity contribution < 1.29 is 23.1 Å². The van der Waals surface area contributed by atoms with Crippen molar-refractivity contribution in [3.63, 3.8) is 0 Å². The Morgan fingerprint density at radius 1 is 1.35 bits per heavy atom. The average Bonchev–Trinajstić information content (AvgIpc) is 2.61. The molecule has 1 saturated heterocycles. The van der Waals surface area contributed by atoms with Crippen LogP contribution in [0.1, 0.15) is 37.8 Å². The third kappa shape index (κ3) is 4.66. The number of aromatic nitrogens is 2. The maximum Gasteiger partial charge on any atom is 0.433 e. The molecule has 1 aliphatic heterocycles. The van der Waals surface area contributed by atoms with Crippen molar-refractivity contribution in [3.8, 4) is 0 Å². The lowest BCUT2D eigenvalue weighted by Crippen LogP contribution is -2.57. The maximum atomic E-state index is 12.8. The van der Waals surface area contributed by atoms with Gasteiger partial charge in [-0.15, -0.1) is 0 Å². The topological polar surface area (TPSA) is 92.3 Å². The third-order valence-corrected chi connectivity index (χ3v) is 4.88. The van der Waals surface area contributed by atoms with Gasteiger partial charge in [-0.05, 0) is 31.2 Å². The number of alkyl halides is 3. The number of carbonyl (C=O) groups is 1. The summed E-state index contributed by atoms with van der Waals surface area (Å²) in [5.74, 6) is -1.32. The van der Waals surface area contributed by atoms with E-state index in [1.807, 2.05) is 0 Å². The molecule has 0 spiro atoms. The lowest BCUT2D eigenvalue weighted by molar-refractivity contribution is -0.146. The van der Waals surface area contributed by atoms with Crippen LogP contribution in [-0.4, -0.2) is 47.5 Å². The molecule has 3 N–H and O–H groups in total. The van der Waals surface area contributed by atoms with Crippen molar-refractivity contribution in [2.45, 2.75) is 50.1 Å². The Kier molecular flexibility index (Phi) is 6.49. The van der Waals surface area contributed by atoms with E-state index in [-0.39, 0.29) is 11.9 Å². The Balaban J connectivity index is 2.05. The van der Waals surface area contributed by atoms with Gasteiger partial charge in [0.1, 0.15) is 11.2 Å². The van der Waals surface area contributed by atoms with Gasteiger partial charge in [-0.2, -0.15) is 13.2 Å². The fraction of sp³-hybridized carbons (Fsp3) is 0.688. The van der Waals surface area contributed by atoms with E-state index >= 15 is 0 Å². The van der Waals surface area contributed by atoms with E-state index in [0.717, 1.165) is 12.3 Å². The number of carboxylic acid groups (broad SMARTS) is 1. The summed E-state index contributed by atoms with van der Waals surface area (Å²) in [6, 6.07) is 0.822. The number of piperidine rings is 1. The number of nitrogens with two attached hydrogens (primary N) is 1. The highest BCUT2D eigenvalue weighted by atomic mass is 19.4. The van der Waals surface area contributed by atoms with Crippen LogP contribution in [0.25, 0.3) is 0 Å². The number of unbranched alkanes of at least 4 members (excludes halogenated alkanes) is 1. The van der Waals surface area contributed by atoms with Gasteiger partial charge in [0.05, 0.1) is 7.85 Å². The quantitative estimate of drug-likeness (QED) is 0.565. The predicted molar refractivity (Wildman–Crippen MR) is 90.9 cm³/mol. The molecule has 1 unspecified atom stereocenters. The maximum absolute atomic E-state index is 12.8. The summed E-state index contributed by atoms with van der Waals surface area (Å²) in [6.45, 7) is 0.712. The van der Waals surface area contributed by atoms with Crippen LogP contribution in [0, 0.1) is 5.92 Å². The minimum absolute atomic E-state index is 0.000599. The first-order valence-corrected chi connectivity index (χ1v) is 8.56. The Bertz CT molecular complexity index is 624. The number of hydrogen-bond acceptors (Lipinski definition) is 5. The second-order valence-electron chi connectivity index (χ2n) is 6.59. The molecule has 6 nitrogen and oxygen atoms in total. The Labute approximate surface area is 151 Å². The van der Waals surface area contributed by atoms with Crippen molar-refractivity contribution in [1.29, 1.82) is 0 Å². The van der Waals surface area contributed by atoms with Crippen LogP contribution in [0.3, 0.4) is 0 Å². The van der Waals surface area contributed by atoms with Crippen LogP contribution in [0.2, 0.25) is 6.32 Å². The minimum Gasteiger partial charge on any atom is -0.480 e.